The lowest BCUT2D eigenvalue weighted by atomic mass is 9.98. The van der Waals surface area contributed by atoms with Crippen molar-refractivity contribution in [1.29, 1.82) is 0 Å². The molecule has 1 heterocycles. The van der Waals surface area contributed by atoms with E-state index in [0.29, 0.717) is 0 Å². The highest BCUT2D eigenvalue weighted by Gasteiger charge is 2.24. The number of carbonyl (C=O) groups is 1. The zero-order valence-corrected chi connectivity index (χ0v) is 18.1. The number of carboxylic acids is 1. The number of nitrogens with zero attached hydrogens (tertiary/aromatic N) is 1. The van der Waals surface area contributed by atoms with Crippen LogP contribution in [0.25, 0.3) is 0 Å². The van der Waals surface area contributed by atoms with Gasteiger partial charge in [-0.25, -0.2) is 0 Å². The molecule has 0 spiro atoms. The van der Waals surface area contributed by atoms with Crippen molar-refractivity contribution in [2.24, 2.45) is 0 Å². The molecule has 0 radical (unpaired) electrons. The first-order valence-corrected chi connectivity index (χ1v) is 11.4. The molecule has 1 N–H and O–H groups in total. The van der Waals surface area contributed by atoms with Gasteiger partial charge in [-0.05, 0) is 55.3 Å². The molecular formula is C26H35NO3. The SMILES string of the molecule is CCc1ccc(C(OC2CCN(CCCCCC(=O)O)CC2)c2ccccc2)cc1. The number of unbranched alkanes of at least 4 members (excludes halogenated alkanes) is 2. The van der Waals surface area contributed by atoms with Crippen molar-refractivity contribution in [1.82, 2.24) is 4.90 Å². The highest BCUT2D eigenvalue weighted by Crippen LogP contribution is 2.30. The number of ether oxygens (including phenoxy) is 1. The Balaban J connectivity index is 1.52. The van der Waals surface area contributed by atoms with Crippen molar-refractivity contribution >= 4 is 5.97 Å². The fourth-order valence-corrected chi connectivity index (χ4v) is 4.16. The summed E-state index contributed by atoms with van der Waals surface area (Å²) in [5.74, 6) is -0.690. The number of piperidine rings is 1. The monoisotopic (exact) mass is 409 g/mol. The number of benzene rings is 2. The van der Waals surface area contributed by atoms with Crippen LogP contribution >= 0.6 is 0 Å². The van der Waals surface area contributed by atoms with Crippen LogP contribution in [0, 0.1) is 0 Å². The maximum Gasteiger partial charge on any atom is 0.303 e. The molecule has 1 atom stereocenters. The molecule has 0 aliphatic carbocycles. The molecule has 1 fully saturated rings. The molecule has 3 rings (SSSR count). The molecule has 1 unspecified atom stereocenters. The van der Waals surface area contributed by atoms with Gasteiger partial charge in [0.15, 0.2) is 0 Å². The minimum Gasteiger partial charge on any atom is -0.481 e. The first-order valence-electron chi connectivity index (χ1n) is 11.4. The van der Waals surface area contributed by atoms with Gasteiger partial charge in [0.25, 0.3) is 0 Å². The fraction of sp³-hybridized carbons (Fsp3) is 0.500. The summed E-state index contributed by atoms with van der Waals surface area (Å²) in [5.41, 5.74) is 3.78. The predicted octanol–water partition coefficient (Wildman–Crippen LogP) is 5.46. The first-order chi connectivity index (χ1) is 14.7. The molecule has 1 saturated heterocycles. The van der Waals surface area contributed by atoms with Crippen LogP contribution in [-0.2, 0) is 16.0 Å². The van der Waals surface area contributed by atoms with E-state index in [1.54, 1.807) is 0 Å². The van der Waals surface area contributed by atoms with Crippen LogP contribution in [0.5, 0.6) is 0 Å². The minimum atomic E-state index is -0.690. The van der Waals surface area contributed by atoms with Gasteiger partial charge in [-0.15, -0.1) is 0 Å². The lowest BCUT2D eigenvalue weighted by molar-refractivity contribution is -0.137. The summed E-state index contributed by atoms with van der Waals surface area (Å²) in [6.07, 6.45) is 6.53. The maximum absolute atomic E-state index is 10.6. The second kappa shape index (κ2) is 11.9. The van der Waals surface area contributed by atoms with Crippen LogP contribution < -0.4 is 0 Å². The molecule has 1 aliphatic rings. The van der Waals surface area contributed by atoms with Gasteiger partial charge in [-0.3, -0.25) is 4.79 Å². The Labute approximate surface area is 180 Å². The second-order valence-electron chi connectivity index (χ2n) is 8.27. The Morgan fingerprint density at radius 1 is 1.00 bits per heavy atom. The largest absolute Gasteiger partial charge is 0.481 e. The summed E-state index contributed by atoms with van der Waals surface area (Å²) in [5, 5.41) is 8.73. The fourth-order valence-electron chi connectivity index (χ4n) is 4.16. The summed E-state index contributed by atoms with van der Waals surface area (Å²) in [4.78, 5) is 13.1. The van der Waals surface area contributed by atoms with Crippen LogP contribution in [0.3, 0.4) is 0 Å². The zero-order valence-electron chi connectivity index (χ0n) is 18.1. The third-order valence-corrected chi connectivity index (χ3v) is 6.02. The molecule has 0 bridgehead atoms. The number of hydrogen-bond acceptors (Lipinski definition) is 3. The van der Waals surface area contributed by atoms with Gasteiger partial charge in [0.1, 0.15) is 6.10 Å². The molecule has 30 heavy (non-hydrogen) atoms. The number of likely N-dealkylation sites (tertiary alicyclic amines) is 1. The van der Waals surface area contributed by atoms with E-state index in [4.69, 9.17) is 9.84 Å². The van der Waals surface area contributed by atoms with E-state index >= 15 is 0 Å². The Hall–Kier alpha value is -2.17. The summed E-state index contributed by atoms with van der Waals surface area (Å²) in [7, 11) is 0. The Morgan fingerprint density at radius 2 is 1.67 bits per heavy atom. The first kappa shape index (κ1) is 22.5. The lowest BCUT2D eigenvalue weighted by Gasteiger charge is -2.34. The standard InChI is InChI=1S/C26H35NO3/c1-2-21-12-14-23(15-13-21)26(22-9-5-3-6-10-22)30-24-16-19-27(20-17-24)18-8-4-7-11-25(28)29/h3,5-6,9-10,12-15,24,26H,2,4,7-8,11,16-20H2,1H3,(H,28,29). The predicted molar refractivity (Wildman–Crippen MR) is 121 cm³/mol. The number of carboxylic acid groups (broad SMARTS) is 1. The molecule has 2 aromatic carbocycles. The highest BCUT2D eigenvalue weighted by atomic mass is 16.5. The summed E-state index contributed by atoms with van der Waals surface area (Å²) in [6.45, 7) is 5.35. The third kappa shape index (κ3) is 6.96. The van der Waals surface area contributed by atoms with Crippen molar-refractivity contribution in [3.8, 4) is 0 Å². The van der Waals surface area contributed by atoms with E-state index in [1.807, 2.05) is 0 Å². The van der Waals surface area contributed by atoms with Gasteiger partial charge in [0.05, 0.1) is 6.10 Å². The molecule has 4 heteroatoms. The van der Waals surface area contributed by atoms with Gasteiger partial charge in [-0.2, -0.15) is 0 Å². The van der Waals surface area contributed by atoms with Crippen LogP contribution in [0.15, 0.2) is 54.6 Å². The number of aryl methyl sites for hydroxylation is 1. The molecule has 1 aliphatic heterocycles. The Morgan fingerprint density at radius 3 is 2.30 bits per heavy atom. The summed E-state index contributed by atoms with van der Waals surface area (Å²) in [6, 6.07) is 19.4. The van der Waals surface area contributed by atoms with Gasteiger partial charge >= 0.3 is 5.97 Å². The topological polar surface area (TPSA) is 49.8 Å². The lowest BCUT2D eigenvalue weighted by Crippen LogP contribution is -2.38. The highest BCUT2D eigenvalue weighted by molar-refractivity contribution is 5.66. The Bertz CT molecular complexity index is 752. The smallest absolute Gasteiger partial charge is 0.303 e. The van der Waals surface area contributed by atoms with Gasteiger partial charge in [0, 0.05) is 19.5 Å². The van der Waals surface area contributed by atoms with Crippen LogP contribution in [0.2, 0.25) is 0 Å². The number of hydrogen-bond donors (Lipinski definition) is 1. The molecule has 0 saturated carbocycles. The van der Waals surface area contributed by atoms with E-state index in [0.717, 1.165) is 58.2 Å². The van der Waals surface area contributed by atoms with E-state index in [1.165, 1.54) is 16.7 Å². The summed E-state index contributed by atoms with van der Waals surface area (Å²) < 4.78 is 6.66. The van der Waals surface area contributed by atoms with E-state index in [2.05, 4.69) is 66.4 Å². The maximum atomic E-state index is 10.6. The third-order valence-electron chi connectivity index (χ3n) is 6.02. The van der Waals surface area contributed by atoms with Crippen molar-refractivity contribution in [3.63, 3.8) is 0 Å². The normalized spacial score (nSPS) is 16.4. The van der Waals surface area contributed by atoms with Gasteiger partial charge in [-0.1, -0.05) is 67.9 Å². The minimum absolute atomic E-state index is 0.0234. The van der Waals surface area contributed by atoms with Crippen LogP contribution in [0.4, 0.5) is 0 Å². The van der Waals surface area contributed by atoms with Gasteiger partial charge in [0.2, 0.25) is 0 Å². The quantitative estimate of drug-likeness (QED) is 0.500. The van der Waals surface area contributed by atoms with Crippen LogP contribution in [-0.4, -0.2) is 41.7 Å². The average molecular weight is 410 g/mol. The number of aliphatic carboxylic acids is 1. The molecule has 0 amide bonds. The van der Waals surface area contributed by atoms with Crippen molar-refractivity contribution in [3.05, 3.63) is 71.3 Å². The molecule has 4 nitrogen and oxygen atoms in total. The summed E-state index contributed by atoms with van der Waals surface area (Å²) >= 11 is 0. The van der Waals surface area contributed by atoms with Crippen molar-refractivity contribution in [2.45, 2.75) is 64.1 Å². The van der Waals surface area contributed by atoms with Crippen molar-refractivity contribution in [2.75, 3.05) is 19.6 Å². The zero-order chi connectivity index (χ0) is 21.2. The Kier molecular flexibility index (Phi) is 8.91. The number of rotatable bonds is 11. The average Bonchev–Trinajstić information content (AvgIpc) is 2.79. The molecule has 2 aromatic rings. The van der Waals surface area contributed by atoms with E-state index in [-0.39, 0.29) is 18.6 Å². The van der Waals surface area contributed by atoms with Crippen molar-refractivity contribution < 1.29 is 14.6 Å². The van der Waals surface area contributed by atoms with Gasteiger partial charge < -0.3 is 14.7 Å². The van der Waals surface area contributed by atoms with Crippen LogP contribution in [0.1, 0.15) is 68.2 Å². The molecule has 162 valence electrons. The molecule has 0 aromatic heterocycles. The van der Waals surface area contributed by atoms with E-state index < -0.39 is 5.97 Å². The molecular weight excluding hydrogens is 374 g/mol. The second-order valence-corrected chi connectivity index (χ2v) is 8.27. The van der Waals surface area contributed by atoms with E-state index in [9.17, 15) is 4.79 Å².